The number of halogens is 1. The quantitative estimate of drug-likeness (QED) is 0.641. The SMILES string of the molecule is CCn1nc(C)cc1C(Cc1ccc(F)cc1)NN. The van der Waals surface area contributed by atoms with E-state index >= 15 is 0 Å². The molecule has 102 valence electrons. The van der Waals surface area contributed by atoms with Crippen molar-refractivity contribution in [1.82, 2.24) is 15.2 Å². The first kappa shape index (κ1) is 13.7. The van der Waals surface area contributed by atoms with Crippen molar-refractivity contribution in [3.05, 3.63) is 53.1 Å². The Labute approximate surface area is 112 Å². The van der Waals surface area contributed by atoms with Crippen LogP contribution in [0.3, 0.4) is 0 Å². The van der Waals surface area contributed by atoms with Gasteiger partial charge in [0.1, 0.15) is 5.82 Å². The Kier molecular flexibility index (Phi) is 4.29. The number of aromatic nitrogens is 2. The average molecular weight is 262 g/mol. The van der Waals surface area contributed by atoms with Gasteiger partial charge in [0, 0.05) is 6.54 Å². The van der Waals surface area contributed by atoms with Gasteiger partial charge in [-0.05, 0) is 44.0 Å². The molecule has 1 aromatic carbocycles. The first-order chi connectivity index (χ1) is 9.13. The van der Waals surface area contributed by atoms with Crippen molar-refractivity contribution in [2.24, 2.45) is 5.84 Å². The Morgan fingerprint density at radius 3 is 2.63 bits per heavy atom. The van der Waals surface area contributed by atoms with Gasteiger partial charge in [0.2, 0.25) is 0 Å². The minimum atomic E-state index is -0.226. The smallest absolute Gasteiger partial charge is 0.123 e. The summed E-state index contributed by atoms with van der Waals surface area (Å²) in [7, 11) is 0. The minimum Gasteiger partial charge on any atom is -0.271 e. The molecule has 2 rings (SSSR count). The molecule has 0 radical (unpaired) electrons. The van der Waals surface area contributed by atoms with Gasteiger partial charge in [0.15, 0.2) is 0 Å². The van der Waals surface area contributed by atoms with E-state index in [0.29, 0.717) is 6.42 Å². The molecule has 0 saturated carbocycles. The summed E-state index contributed by atoms with van der Waals surface area (Å²) in [6.07, 6.45) is 0.696. The zero-order valence-electron chi connectivity index (χ0n) is 11.2. The van der Waals surface area contributed by atoms with Crippen molar-refractivity contribution in [3.63, 3.8) is 0 Å². The molecule has 0 bridgehead atoms. The molecule has 0 amide bonds. The number of benzene rings is 1. The molecular weight excluding hydrogens is 243 g/mol. The van der Waals surface area contributed by atoms with Gasteiger partial charge in [0.05, 0.1) is 17.4 Å². The maximum atomic E-state index is 12.9. The molecule has 1 heterocycles. The Bertz CT molecular complexity index is 533. The van der Waals surface area contributed by atoms with Gasteiger partial charge in [-0.15, -0.1) is 0 Å². The Morgan fingerprint density at radius 2 is 2.05 bits per heavy atom. The summed E-state index contributed by atoms with van der Waals surface area (Å²) < 4.78 is 14.8. The first-order valence-corrected chi connectivity index (χ1v) is 6.39. The molecule has 4 nitrogen and oxygen atoms in total. The molecule has 0 aliphatic carbocycles. The normalized spacial score (nSPS) is 12.6. The summed E-state index contributed by atoms with van der Waals surface area (Å²) in [5.41, 5.74) is 5.86. The fourth-order valence-corrected chi connectivity index (χ4v) is 2.20. The molecule has 19 heavy (non-hydrogen) atoms. The number of aryl methyl sites for hydroxylation is 2. The predicted octanol–water partition coefficient (Wildman–Crippen LogP) is 2.10. The zero-order valence-corrected chi connectivity index (χ0v) is 11.2. The van der Waals surface area contributed by atoms with Crippen LogP contribution in [0.25, 0.3) is 0 Å². The van der Waals surface area contributed by atoms with E-state index in [-0.39, 0.29) is 11.9 Å². The highest BCUT2D eigenvalue weighted by Gasteiger charge is 2.16. The summed E-state index contributed by atoms with van der Waals surface area (Å²) in [5.74, 6) is 5.42. The minimum absolute atomic E-state index is 0.0355. The number of nitrogens with two attached hydrogens (primary N) is 1. The standard InChI is InChI=1S/C14H19FN4/c1-3-19-14(8-10(2)18-19)13(17-16)9-11-4-6-12(15)7-5-11/h4-8,13,17H,3,9,16H2,1-2H3. The molecular formula is C14H19FN4. The van der Waals surface area contributed by atoms with Crippen LogP contribution in [0.5, 0.6) is 0 Å². The van der Waals surface area contributed by atoms with E-state index in [4.69, 9.17) is 5.84 Å². The predicted molar refractivity (Wildman–Crippen MR) is 72.8 cm³/mol. The van der Waals surface area contributed by atoms with Crippen LogP contribution >= 0.6 is 0 Å². The summed E-state index contributed by atoms with van der Waals surface area (Å²) in [4.78, 5) is 0. The second-order valence-electron chi connectivity index (χ2n) is 4.58. The third-order valence-corrected chi connectivity index (χ3v) is 3.14. The summed E-state index contributed by atoms with van der Waals surface area (Å²) >= 11 is 0. The zero-order chi connectivity index (χ0) is 13.8. The summed E-state index contributed by atoms with van der Waals surface area (Å²) in [5, 5.41) is 4.41. The van der Waals surface area contributed by atoms with E-state index in [1.165, 1.54) is 12.1 Å². The molecule has 0 spiro atoms. The second kappa shape index (κ2) is 5.95. The number of hydrogen-bond donors (Lipinski definition) is 2. The van der Waals surface area contributed by atoms with Crippen LogP contribution in [0, 0.1) is 12.7 Å². The Balaban J connectivity index is 2.22. The molecule has 0 aliphatic heterocycles. The lowest BCUT2D eigenvalue weighted by Crippen LogP contribution is -2.31. The average Bonchev–Trinajstić information content (AvgIpc) is 2.79. The largest absolute Gasteiger partial charge is 0.271 e. The third kappa shape index (κ3) is 3.19. The van der Waals surface area contributed by atoms with E-state index in [2.05, 4.69) is 10.5 Å². The van der Waals surface area contributed by atoms with E-state index in [1.54, 1.807) is 12.1 Å². The highest BCUT2D eigenvalue weighted by molar-refractivity contribution is 5.21. The fraction of sp³-hybridized carbons (Fsp3) is 0.357. The monoisotopic (exact) mass is 262 g/mol. The van der Waals surface area contributed by atoms with Crippen molar-refractivity contribution in [2.75, 3.05) is 0 Å². The maximum Gasteiger partial charge on any atom is 0.123 e. The van der Waals surface area contributed by atoms with Crippen molar-refractivity contribution >= 4 is 0 Å². The Morgan fingerprint density at radius 1 is 1.37 bits per heavy atom. The van der Waals surface area contributed by atoms with E-state index in [9.17, 15) is 4.39 Å². The molecule has 0 fully saturated rings. The van der Waals surface area contributed by atoms with E-state index in [0.717, 1.165) is 23.5 Å². The van der Waals surface area contributed by atoms with Crippen molar-refractivity contribution in [3.8, 4) is 0 Å². The lowest BCUT2D eigenvalue weighted by molar-refractivity contribution is 0.489. The first-order valence-electron chi connectivity index (χ1n) is 6.39. The van der Waals surface area contributed by atoms with Crippen LogP contribution in [-0.4, -0.2) is 9.78 Å². The molecule has 3 N–H and O–H groups in total. The van der Waals surface area contributed by atoms with Crippen molar-refractivity contribution in [1.29, 1.82) is 0 Å². The van der Waals surface area contributed by atoms with Crippen LogP contribution in [0.4, 0.5) is 4.39 Å². The van der Waals surface area contributed by atoms with Gasteiger partial charge in [-0.3, -0.25) is 16.0 Å². The highest BCUT2D eigenvalue weighted by atomic mass is 19.1. The maximum absolute atomic E-state index is 12.9. The summed E-state index contributed by atoms with van der Waals surface area (Å²) in [6.45, 7) is 4.80. The van der Waals surface area contributed by atoms with Crippen LogP contribution in [0.1, 0.15) is 29.9 Å². The number of rotatable bonds is 5. The molecule has 0 aliphatic rings. The van der Waals surface area contributed by atoms with Crippen LogP contribution in [-0.2, 0) is 13.0 Å². The molecule has 1 aromatic heterocycles. The van der Waals surface area contributed by atoms with Crippen LogP contribution in [0.15, 0.2) is 30.3 Å². The molecule has 2 aromatic rings. The van der Waals surface area contributed by atoms with Crippen molar-refractivity contribution < 1.29 is 4.39 Å². The summed E-state index contributed by atoms with van der Waals surface area (Å²) in [6, 6.07) is 8.47. The molecule has 0 saturated heterocycles. The highest BCUT2D eigenvalue weighted by Crippen LogP contribution is 2.19. The second-order valence-corrected chi connectivity index (χ2v) is 4.58. The topological polar surface area (TPSA) is 55.9 Å². The number of hydrogen-bond acceptors (Lipinski definition) is 3. The molecule has 1 unspecified atom stereocenters. The van der Waals surface area contributed by atoms with Crippen LogP contribution in [0.2, 0.25) is 0 Å². The number of nitrogens with one attached hydrogen (secondary N) is 1. The van der Waals surface area contributed by atoms with Gasteiger partial charge < -0.3 is 0 Å². The van der Waals surface area contributed by atoms with Crippen molar-refractivity contribution in [2.45, 2.75) is 32.9 Å². The lowest BCUT2D eigenvalue weighted by Gasteiger charge is -2.17. The number of hydrazine groups is 1. The number of nitrogens with zero attached hydrogens (tertiary/aromatic N) is 2. The molecule has 1 atom stereocenters. The van der Waals surface area contributed by atoms with Gasteiger partial charge in [-0.2, -0.15) is 5.10 Å². The molecule has 5 heteroatoms. The lowest BCUT2D eigenvalue weighted by atomic mass is 10.0. The van der Waals surface area contributed by atoms with Gasteiger partial charge >= 0.3 is 0 Å². The van der Waals surface area contributed by atoms with Crippen LogP contribution < -0.4 is 11.3 Å². The third-order valence-electron chi connectivity index (χ3n) is 3.14. The van der Waals surface area contributed by atoms with Gasteiger partial charge in [0.25, 0.3) is 0 Å². The van der Waals surface area contributed by atoms with Gasteiger partial charge in [-0.1, -0.05) is 12.1 Å². The van der Waals surface area contributed by atoms with E-state index in [1.807, 2.05) is 24.6 Å². The fourth-order valence-electron chi connectivity index (χ4n) is 2.20. The van der Waals surface area contributed by atoms with E-state index < -0.39 is 0 Å². The van der Waals surface area contributed by atoms with Gasteiger partial charge in [-0.25, -0.2) is 4.39 Å². The Hall–Kier alpha value is -1.72.